The number of aryl methyl sites for hydroxylation is 1. The van der Waals surface area contributed by atoms with Crippen LogP contribution in [0.3, 0.4) is 0 Å². The van der Waals surface area contributed by atoms with Crippen LogP contribution in [0.1, 0.15) is 17.5 Å². The van der Waals surface area contributed by atoms with Gasteiger partial charge in [-0.2, -0.15) is 0 Å². The predicted molar refractivity (Wildman–Crippen MR) is 80.1 cm³/mol. The first-order valence-corrected chi connectivity index (χ1v) is 6.75. The van der Waals surface area contributed by atoms with E-state index in [1.54, 1.807) is 0 Å². The molecular weight excluding hydrogens is 232 g/mol. The molecule has 19 heavy (non-hydrogen) atoms. The van der Waals surface area contributed by atoms with E-state index in [-0.39, 0.29) is 6.61 Å². The van der Waals surface area contributed by atoms with Crippen molar-refractivity contribution in [2.45, 2.75) is 19.3 Å². The van der Waals surface area contributed by atoms with Crippen molar-refractivity contribution in [2.24, 2.45) is 0 Å². The van der Waals surface area contributed by atoms with Gasteiger partial charge in [0, 0.05) is 0 Å². The maximum absolute atomic E-state index is 9.42. The van der Waals surface area contributed by atoms with Gasteiger partial charge >= 0.3 is 0 Å². The van der Waals surface area contributed by atoms with Gasteiger partial charge in [0.15, 0.2) is 0 Å². The molecule has 0 spiro atoms. The monoisotopic (exact) mass is 252 g/mol. The Labute approximate surface area is 115 Å². The van der Waals surface area contributed by atoms with Gasteiger partial charge in [0.25, 0.3) is 0 Å². The molecule has 0 atom stereocenters. The number of rotatable bonds is 6. The van der Waals surface area contributed by atoms with Crippen molar-refractivity contribution in [1.29, 1.82) is 0 Å². The SMILES string of the molecule is OC/C(=C/CCc1ccccc1)Cc1ccccc1. The molecule has 0 bridgehead atoms. The number of aliphatic hydroxyl groups excluding tert-OH is 1. The summed E-state index contributed by atoms with van der Waals surface area (Å²) >= 11 is 0. The summed E-state index contributed by atoms with van der Waals surface area (Å²) < 4.78 is 0. The van der Waals surface area contributed by atoms with Crippen LogP contribution in [0.5, 0.6) is 0 Å². The van der Waals surface area contributed by atoms with Crippen molar-refractivity contribution in [2.75, 3.05) is 6.61 Å². The van der Waals surface area contributed by atoms with Crippen LogP contribution in [0.15, 0.2) is 72.3 Å². The highest BCUT2D eigenvalue weighted by molar-refractivity contribution is 5.22. The van der Waals surface area contributed by atoms with Crippen LogP contribution < -0.4 is 0 Å². The maximum atomic E-state index is 9.42. The normalized spacial score (nSPS) is 11.5. The molecule has 0 heterocycles. The Balaban J connectivity index is 1.89. The summed E-state index contributed by atoms with van der Waals surface area (Å²) in [7, 11) is 0. The first-order valence-electron chi connectivity index (χ1n) is 6.75. The lowest BCUT2D eigenvalue weighted by Crippen LogP contribution is -1.96. The van der Waals surface area contributed by atoms with E-state index >= 15 is 0 Å². The van der Waals surface area contributed by atoms with E-state index in [0.29, 0.717) is 0 Å². The van der Waals surface area contributed by atoms with Gasteiger partial charge in [-0.15, -0.1) is 0 Å². The molecule has 2 aromatic rings. The fraction of sp³-hybridized carbons (Fsp3) is 0.222. The summed E-state index contributed by atoms with van der Waals surface area (Å²) in [5.41, 5.74) is 3.69. The van der Waals surface area contributed by atoms with E-state index in [1.165, 1.54) is 11.1 Å². The van der Waals surface area contributed by atoms with Crippen molar-refractivity contribution in [1.82, 2.24) is 0 Å². The Kier molecular flexibility index (Phi) is 5.39. The van der Waals surface area contributed by atoms with Gasteiger partial charge in [0.05, 0.1) is 6.61 Å². The molecule has 0 saturated heterocycles. The van der Waals surface area contributed by atoms with Gasteiger partial charge in [0.2, 0.25) is 0 Å². The largest absolute Gasteiger partial charge is 0.392 e. The second-order valence-corrected chi connectivity index (χ2v) is 4.71. The van der Waals surface area contributed by atoms with E-state index in [4.69, 9.17) is 0 Å². The zero-order chi connectivity index (χ0) is 13.3. The fourth-order valence-corrected chi connectivity index (χ4v) is 2.14. The van der Waals surface area contributed by atoms with E-state index in [9.17, 15) is 5.11 Å². The minimum Gasteiger partial charge on any atom is -0.392 e. The van der Waals surface area contributed by atoms with Gasteiger partial charge in [-0.3, -0.25) is 0 Å². The Bertz CT molecular complexity index is 500. The molecule has 0 aliphatic heterocycles. The molecule has 0 fully saturated rings. The molecule has 0 radical (unpaired) electrons. The average molecular weight is 252 g/mol. The molecule has 2 rings (SSSR count). The molecule has 98 valence electrons. The molecule has 0 amide bonds. The molecule has 0 saturated carbocycles. The predicted octanol–water partition coefficient (Wildman–Crippen LogP) is 3.78. The van der Waals surface area contributed by atoms with Gasteiger partial charge < -0.3 is 5.11 Å². The van der Waals surface area contributed by atoms with Gasteiger partial charge in [-0.05, 0) is 36.0 Å². The standard InChI is InChI=1S/C18H20O/c19-15-18(14-17-10-5-2-6-11-17)13-7-12-16-8-3-1-4-9-16/h1-6,8-11,13,19H,7,12,14-15H2/b18-13+. The Morgan fingerprint density at radius 3 is 2.00 bits per heavy atom. The summed E-state index contributed by atoms with van der Waals surface area (Å²) in [4.78, 5) is 0. The number of hydrogen-bond acceptors (Lipinski definition) is 1. The van der Waals surface area contributed by atoms with Crippen LogP contribution in [0.4, 0.5) is 0 Å². The number of aliphatic hydroxyl groups is 1. The van der Waals surface area contributed by atoms with Crippen molar-refractivity contribution in [3.63, 3.8) is 0 Å². The second kappa shape index (κ2) is 7.55. The summed E-state index contributed by atoms with van der Waals surface area (Å²) in [5.74, 6) is 0. The van der Waals surface area contributed by atoms with Crippen LogP contribution in [-0.4, -0.2) is 11.7 Å². The van der Waals surface area contributed by atoms with Gasteiger partial charge in [0.1, 0.15) is 0 Å². The van der Waals surface area contributed by atoms with Gasteiger partial charge in [-0.25, -0.2) is 0 Å². The number of benzene rings is 2. The number of hydrogen-bond donors (Lipinski definition) is 1. The van der Waals surface area contributed by atoms with Crippen LogP contribution in [-0.2, 0) is 12.8 Å². The molecular formula is C18H20O. The minimum atomic E-state index is 0.143. The zero-order valence-corrected chi connectivity index (χ0v) is 11.1. The lowest BCUT2D eigenvalue weighted by atomic mass is 10.0. The summed E-state index contributed by atoms with van der Waals surface area (Å²) in [5, 5.41) is 9.42. The molecule has 0 aliphatic carbocycles. The molecule has 1 heteroatoms. The first-order chi connectivity index (χ1) is 9.38. The molecule has 0 aromatic heterocycles. The van der Waals surface area contributed by atoms with Crippen molar-refractivity contribution in [3.05, 3.63) is 83.4 Å². The highest BCUT2D eigenvalue weighted by Gasteiger charge is 1.98. The van der Waals surface area contributed by atoms with Crippen molar-refractivity contribution >= 4 is 0 Å². The van der Waals surface area contributed by atoms with Gasteiger partial charge in [-0.1, -0.05) is 66.7 Å². The first kappa shape index (κ1) is 13.6. The summed E-state index contributed by atoms with van der Waals surface area (Å²) in [6.45, 7) is 0.143. The van der Waals surface area contributed by atoms with Crippen LogP contribution in [0.25, 0.3) is 0 Å². The summed E-state index contributed by atoms with van der Waals surface area (Å²) in [6, 6.07) is 20.7. The third-order valence-electron chi connectivity index (χ3n) is 3.19. The topological polar surface area (TPSA) is 20.2 Å². The Hall–Kier alpha value is -1.86. The van der Waals surface area contributed by atoms with E-state index < -0.39 is 0 Å². The average Bonchev–Trinajstić information content (AvgIpc) is 2.48. The van der Waals surface area contributed by atoms with Crippen molar-refractivity contribution < 1.29 is 5.11 Å². The molecule has 2 aromatic carbocycles. The molecule has 1 nitrogen and oxygen atoms in total. The highest BCUT2D eigenvalue weighted by atomic mass is 16.3. The van der Waals surface area contributed by atoms with E-state index in [2.05, 4.69) is 42.5 Å². The lowest BCUT2D eigenvalue weighted by Gasteiger charge is -2.05. The maximum Gasteiger partial charge on any atom is 0.0645 e. The Morgan fingerprint density at radius 1 is 0.842 bits per heavy atom. The second-order valence-electron chi connectivity index (χ2n) is 4.71. The Morgan fingerprint density at radius 2 is 1.42 bits per heavy atom. The highest BCUT2D eigenvalue weighted by Crippen LogP contribution is 2.10. The third-order valence-corrected chi connectivity index (χ3v) is 3.19. The number of allylic oxidation sites excluding steroid dienone is 1. The molecule has 0 unspecified atom stereocenters. The smallest absolute Gasteiger partial charge is 0.0645 e. The summed E-state index contributed by atoms with van der Waals surface area (Å²) in [6.07, 6.45) is 5.01. The van der Waals surface area contributed by atoms with Crippen LogP contribution in [0.2, 0.25) is 0 Å². The van der Waals surface area contributed by atoms with E-state index in [0.717, 1.165) is 24.8 Å². The van der Waals surface area contributed by atoms with Crippen LogP contribution in [0, 0.1) is 0 Å². The third kappa shape index (κ3) is 4.72. The molecule has 0 aliphatic rings. The quantitative estimate of drug-likeness (QED) is 0.776. The molecule has 1 N–H and O–H groups in total. The fourth-order valence-electron chi connectivity index (χ4n) is 2.14. The van der Waals surface area contributed by atoms with E-state index in [1.807, 2.05) is 24.3 Å². The lowest BCUT2D eigenvalue weighted by molar-refractivity contribution is 0.328. The minimum absolute atomic E-state index is 0.143. The van der Waals surface area contributed by atoms with Crippen molar-refractivity contribution in [3.8, 4) is 0 Å². The zero-order valence-electron chi connectivity index (χ0n) is 11.1. The van der Waals surface area contributed by atoms with Crippen LogP contribution >= 0.6 is 0 Å².